The zero-order valence-electron chi connectivity index (χ0n) is 15.2. The normalized spacial score (nSPS) is 14.3. The van der Waals surface area contributed by atoms with E-state index in [1.165, 1.54) is 16.6 Å². The first-order chi connectivity index (χ1) is 13.2. The molecule has 2 N–H and O–H groups in total. The average Bonchev–Trinajstić information content (AvgIpc) is 2.85. The molecule has 2 aromatic carbocycles. The third kappa shape index (κ3) is 3.46. The van der Waals surface area contributed by atoms with E-state index in [9.17, 15) is 4.79 Å². The molecule has 5 nitrogen and oxygen atoms in total. The lowest BCUT2D eigenvalue weighted by atomic mass is 9.98. The number of aromatic nitrogens is 1. The summed E-state index contributed by atoms with van der Waals surface area (Å²) >= 11 is 0. The first kappa shape index (κ1) is 17.4. The Kier molecular flexibility index (Phi) is 4.69. The van der Waals surface area contributed by atoms with Crippen LogP contribution in [0.25, 0.3) is 28.1 Å². The molecular formula is C22H22N2O3. The molecule has 27 heavy (non-hydrogen) atoms. The lowest BCUT2D eigenvalue weighted by Gasteiger charge is -2.10. The predicted octanol–water partition coefficient (Wildman–Crippen LogP) is 3.56. The molecular weight excluding hydrogens is 340 g/mol. The highest BCUT2D eigenvalue weighted by Gasteiger charge is 2.13. The molecule has 1 aliphatic heterocycles. The van der Waals surface area contributed by atoms with Gasteiger partial charge in [0.1, 0.15) is 5.75 Å². The van der Waals surface area contributed by atoms with Crippen molar-refractivity contribution in [3.63, 3.8) is 0 Å². The van der Waals surface area contributed by atoms with Crippen LogP contribution in [0.4, 0.5) is 0 Å². The highest BCUT2D eigenvalue weighted by Crippen LogP contribution is 2.32. The molecule has 0 amide bonds. The Hall–Kier alpha value is -3.05. The van der Waals surface area contributed by atoms with E-state index in [2.05, 4.69) is 34.1 Å². The van der Waals surface area contributed by atoms with Crippen molar-refractivity contribution in [3.05, 3.63) is 59.8 Å². The Morgan fingerprint density at radius 1 is 1.19 bits per heavy atom. The topological polar surface area (TPSA) is 63.5 Å². The molecule has 0 bridgehead atoms. The van der Waals surface area contributed by atoms with Crippen LogP contribution in [0, 0.1) is 0 Å². The second-order valence-electron chi connectivity index (χ2n) is 6.69. The van der Waals surface area contributed by atoms with Crippen molar-refractivity contribution >= 4 is 22.9 Å². The number of ether oxygens (including phenoxy) is 1. The summed E-state index contributed by atoms with van der Waals surface area (Å²) in [6.07, 6.45) is 3.80. The average molecular weight is 362 g/mol. The zero-order valence-corrected chi connectivity index (χ0v) is 15.2. The van der Waals surface area contributed by atoms with Crippen LogP contribution in [0.15, 0.2) is 48.5 Å². The summed E-state index contributed by atoms with van der Waals surface area (Å²) in [6.45, 7) is 2.97. The van der Waals surface area contributed by atoms with E-state index in [1.807, 2.05) is 18.2 Å². The van der Waals surface area contributed by atoms with Gasteiger partial charge in [-0.05, 0) is 53.1 Å². The third-order valence-corrected chi connectivity index (χ3v) is 5.03. The number of rotatable bonds is 4. The summed E-state index contributed by atoms with van der Waals surface area (Å²) in [5, 5.41) is 13.6. The second-order valence-corrected chi connectivity index (χ2v) is 6.69. The fourth-order valence-electron chi connectivity index (χ4n) is 3.73. The number of nitrogens with zero attached hydrogens (tertiary/aromatic N) is 1. The van der Waals surface area contributed by atoms with E-state index in [4.69, 9.17) is 9.84 Å². The van der Waals surface area contributed by atoms with Crippen LogP contribution in [0.5, 0.6) is 5.75 Å². The molecule has 2 heterocycles. The Balaban J connectivity index is 1.81. The maximum absolute atomic E-state index is 11.0. The van der Waals surface area contributed by atoms with E-state index in [0.29, 0.717) is 5.75 Å². The van der Waals surface area contributed by atoms with Crippen LogP contribution in [0.2, 0.25) is 0 Å². The minimum Gasteiger partial charge on any atom is -0.497 e. The van der Waals surface area contributed by atoms with Crippen LogP contribution >= 0.6 is 0 Å². The molecule has 1 aromatic heterocycles. The quantitative estimate of drug-likeness (QED) is 0.697. The van der Waals surface area contributed by atoms with Crippen LogP contribution < -0.4 is 10.1 Å². The number of hydrogen-bond acceptors (Lipinski definition) is 3. The lowest BCUT2D eigenvalue weighted by molar-refractivity contribution is -0.131. The molecule has 0 unspecified atom stereocenters. The molecule has 0 saturated heterocycles. The molecule has 0 atom stereocenters. The first-order valence-electron chi connectivity index (χ1n) is 9.08. The van der Waals surface area contributed by atoms with E-state index in [0.717, 1.165) is 48.8 Å². The van der Waals surface area contributed by atoms with Crippen molar-refractivity contribution in [2.24, 2.45) is 0 Å². The maximum Gasteiger partial charge on any atom is 0.328 e. The number of aliphatic carboxylic acids is 1. The van der Waals surface area contributed by atoms with Gasteiger partial charge in [0.05, 0.1) is 7.11 Å². The van der Waals surface area contributed by atoms with Gasteiger partial charge in [0.15, 0.2) is 0 Å². The molecule has 0 spiro atoms. The van der Waals surface area contributed by atoms with Crippen LogP contribution in [-0.2, 0) is 17.8 Å². The molecule has 1 aliphatic rings. The first-order valence-corrected chi connectivity index (χ1v) is 9.08. The summed E-state index contributed by atoms with van der Waals surface area (Å²) in [4.78, 5) is 11.0. The monoisotopic (exact) mass is 362 g/mol. The van der Waals surface area contributed by atoms with Crippen molar-refractivity contribution < 1.29 is 14.6 Å². The SMILES string of the molecule is COc1ccc(-c2ccc3c(c2)cc2n3CCNCC2)c(/C=C/C(=O)O)c1. The van der Waals surface area contributed by atoms with Gasteiger partial charge in [0, 0.05) is 48.7 Å². The number of carbonyl (C=O) groups is 1. The smallest absolute Gasteiger partial charge is 0.328 e. The number of benzene rings is 2. The Morgan fingerprint density at radius 2 is 2.07 bits per heavy atom. The number of nitrogens with one attached hydrogen (secondary N) is 1. The fourth-order valence-corrected chi connectivity index (χ4v) is 3.73. The van der Waals surface area contributed by atoms with Crippen LogP contribution in [0.1, 0.15) is 11.3 Å². The Bertz CT molecular complexity index is 1030. The van der Waals surface area contributed by atoms with Gasteiger partial charge < -0.3 is 19.7 Å². The highest BCUT2D eigenvalue weighted by atomic mass is 16.5. The van der Waals surface area contributed by atoms with Crippen LogP contribution in [-0.4, -0.2) is 35.8 Å². The molecule has 0 saturated carbocycles. The standard InChI is InChI=1S/C22H22N2O3/c1-27-19-4-5-20(16(14-19)3-7-22(25)26)15-2-6-21-17(12-15)13-18-8-9-23-10-11-24(18)21/h2-7,12-14,23H,8-11H2,1H3,(H,25,26)/b7-3+. The Morgan fingerprint density at radius 3 is 2.89 bits per heavy atom. The predicted molar refractivity (Wildman–Crippen MR) is 107 cm³/mol. The highest BCUT2D eigenvalue weighted by molar-refractivity contribution is 5.91. The van der Waals surface area contributed by atoms with Gasteiger partial charge in [0.2, 0.25) is 0 Å². The van der Waals surface area contributed by atoms with E-state index >= 15 is 0 Å². The number of fused-ring (bicyclic) bond motifs is 3. The molecule has 3 aromatic rings. The number of hydrogen-bond donors (Lipinski definition) is 2. The fraction of sp³-hybridized carbons (Fsp3) is 0.227. The zero-order chi connectivity index (χ0) is 18.8. The molecule has 5 heteroatoms. The molecule has 138 valence electrons. The lowest BCUT2D eigenvalue weighted by Crippen LogP contribution is -2.17. The van der Waals surface area contributed by atoms with Gasteiger partial charge in [-0.25, -0.2) is 4.79 Å². The van der Waals surface area contributed by atoms with Crippen molar-refractivity contribution in [1.29, 1.82) is 0 Å². The van der Waals surface area contributed by atoms with Crippen molar-refractivity contribution in [1.82, 2.24) is 9.88 Å². The molecule has 0 aliphatic carbocycles. The van der Waals surface area contributed by atoms with Gasteiger partial charge in [-0.1, -0.05) is 12.1 Å². The number of carboxylic acid groups (broad SMARTS) is 1. The molecule has 0 radical (unpaired) electrons. The van der Waals surface area contributed by atoms with Crippen molar-refractivity contribution in [2.75, 3.05) is 20.2 Å². The van der Waals surface area contributed by atoms with Gasteiger partial charge in [-0.2, -0.15) is 0 Å². The van der Waals surface area contributed by atoms with Crippen LogP contribution in [0.3, 0.4) is 0 Å². The summed E-state index contributed by atoms with van der Waals surface area (Å²) in [5.74, 6) is -0.267. The summed E-state index contributed by atoms with van der Waals surface area (Å²) in [7, 11) is 1.61. The van der Waals surface area contributed by atoms with Gasteiger partial charge in [0.25, 0.3) is 0 Å². The maximum atomic E-state index is 11.0. The van der Waals surface area contributed by atoms with Gasteiger partial charge in [-0.15, -0.1) is 0 Å². The minimum atomic E-state index is -0.969. The number of carboxylic acids is 1. The van der Waals surface area contributed by atoms with E-state index in [1.54, 1.807) is 13.2 Å². The summed E-state index contributed by atoms with van der Waals surface area (Å²) < 4.78 is 7.69. The van der Waals surface area contributed by atoms with Crippen molar-refractivity contribution in [3.8, 4) is 16.9 Å². The largest absolute Gasteiger partial charge is 0.497 e. The van der Waals surface area contributed by atoms with E-state index in [-0.39, 0.29) is 0 Å². The molecule has 0 fully saturated rings. The van der Waals surface area contributed by atoms with Gasteiger partial charge in [-0.3, -0.25) is 0 Å². The summed E-state index contributed by atoms with van der Waals surface area (Å²) in [6, 6.07) is 14.5. The minimum absolute atomic E-state index is 0.702. The third-order valence-electron chi connectivity index (χ3n) is 5.03. The van der Waals surface area contributed by atoms with Gasteiger partial charge >= 0.3 is 5.97 Å². The Labute approximate surface area is 157 Å². The van der Waals surface area contributed by atoms with Crippen molar-refractivity contribution in [2.45, 2.75) is 13.0 Å². The summed E-state index contributed by atoms with van der Waals surface area (Å²) in [5.41, 5.74) is 5.47. The van der Waals surface area contributed by atoms with E-state index < -0.39 is 5.97 Å². The second kappa shape index (κ2) is 7.29. The number of methoxy groups -OCH3 is 1. The molecule has 4 rings (SSSR count).